The van der Waals surface area contributed by atoms with Crippen LogP contribution in [0.5, 0.6) is 11.5 Å². The third-order valence-corrected chi connectivity index (χ3v) is 3.58. The zero-order chi connectivity index (χ0) is 13.7. The van der Waals surface area contributed by atoms with Crippen LogP contribution in [0.3, 0.4) is 0 Å². The number of hydrogen-bond acceptors (Lipinski definition) is 4. The first kappa shape index (κ1) is 13.9. The van der Waals surface area contributed by atoms with Crippen LogP contribution in [0.2, 0.25) is 0 Å². The molecule has 1 aromatic carbocycles. The zero-order valence-corrected chi connectivity index (χ0v) is 11.4. The molecule has 0 aliphatic carbocycles. The largest absolute Gasteiger partial charge is 0.508 e. The lowest BCUT2D eigenvalue weighted by Gasteiger charge is -2.35. The highest BCUT2D eigenvalue weighted by atomic mass is 16.5. The summed E-state index contributed by atoms with van der Waals surface area (Å²) in [7, 11) is 1.64. The summed E-state index contributed by atoms with van der Waals surface area (Å²) in [6.45, 7) is 7.77. The van der Waals surface area contributed by atoms with Crippen LogP contribution >= 0.6 is 0 Å². The third kappa shape index (κ3) is 3.28. The minimum Gasteiger partial charge on any atom is -0.508 e. The average molecular weight is 262 g/mol. The van der Waals surface area contributed by atoms with E-state index in [9.17, 15) is 5.11 Å². The van der Waals surface area contributed by atoms with Gasteiger partial charge in [-0.15, -0.1) is 6.58 Å². The van der Waals surface area contributed by atoms with Crippen LogP contribution in [0, 0.1) is 0 Å². The van der Waals surface area contributed by atoms with E-state index in [2.05, 4.69) is 16.8 Å². The molecule has 0 spiro atoms. The standard InChI is InChI=1S/C15H22N2O2/c1-3-4-14(17-9-7-16-8-10-17)13-11-12(19-2)5-6-15(13)18/h3,5-6,11,14,16,18H,1,4,7-10H2,2H3/t14-/m1/s1. The summed E-state index contributed by atoms with van der Waals surface area (Å²) in [6.07, 6.45) is 2.73. The van der Waals surface area contributed by atoms with Gasteiger partial charge in [0, 0.05) is 37.8 Å². The molecule has 0 unspecified atom stereocenters. The molecule has 104 valence electrons. The number of piperazine rings is 1. The predicted octanol–water partition coefficient (Wildman–Crippen LogP) is 1.92. The lowest BCUT2D eigenvalue weighted by Crippen LogP contribution is -2.45. The Labute approximate surface area is 114 Å². The average Bonchev–Trinajstić information content (AvgIpc) is 2.47. The Morgan fingerprint density at radius 2 is 2.21 bits per heavy atom. The van der Waals surface area contributed by atoms with Crippen molar-refractivity contribution < 1.29 is 9.84 Å². The lowest BCUT2D eigenvalue weighted by atomic mass is 9.99. The fourth-order valence-electron chi connectivity index (χ4n) is 2.55. The Kier molecular flexibility index (Phi) is 4.82. The number of methoxy groups -OCH3 is 1. The first-order chi connectivity index (χ1) is 9.26. The molecule has 19 heavy (non-hydrogen) atoms. The minimum atomic E-state index is 0.162. The Bertz CT molecular complexity index is 428. The van der Waals surface area contributed by atoms with Crippen molar-refractivity contribution in [3.05, 3.63) is 36.4 Å². The van der Waals surface area contributed by atoms with Gasteiger partial charge in [-0.1, -0.05) is 6.08 Å². The van der Waals surface area contributed by atoms with Gasteiger partial charge in [0.2, 0.25) is 0 Å². The zero-order valence-electron chi connectivity index (χ0n) is 11.4. The molecule has 1 aliphatic rings. The molecule has 2 rings (SSSR count). The van der Waals surface area contributed by atoms with Gasteiger partial charge < -0.3 is 15.2 Å². The highest BCUT2D eigenvalue weighted by Gasteiger charge is 2.23. The summed E-state index contributed by atoms with van der Waals surface area (Å²) >= 11 is 0. The van der Waals surface area contributed by atoms with Crippen molar-refractivity contribution >= 4 is 0 Å². The van der Waals surface area contributed by atoms with Gasteiger partial charge in [-0.25, -0.2) is 0 Å². The van der Waals surface area contributed by atoms with Gasteiger partial charge in [-0.2, -0.15) is 0 Å². The number of nitrogens with zero attached hydrogens (tertiary/aromatic N) is 1. The van der Waals surface area contributed by atoms with Gasteiger partial charge >= 0.3 is 0 Å². The fraction of sp³-hybridized carbons (Fsp3) is 0.467. The maximum absolute atomic E-state index is 10.1. The molecule has 1 aromatic rings. The minimum absolute atomic E-state index is 0.162. The van der Waals surface area contributed by atoms with Crippen LogP contribution in [0.25, 0.3) is 0 Å². The molecular formula is C15H22N2O2. The second kappa shape index (κ2) is 6.59. The van der Waals surface area contributed by atoms with E-state index in [1.54, 1.807) is 19.2 Å². The van der Waals surface area contributed by atoms with Crippen LogP contribution in [0.1, 0.15) is 18.0 Å². The smallest absolute Gasteiger partial charge is 0.120 e. The van der Waals surface area contributed by atoms with Gasteiger partial charge in [-0.3, -0.25) is 4.90 Å². The maximum atomic E-state index is 10.1. The van der Waals surface area contributed by atoms with Crippen LogP contribution in [-0.4, -0.2) is 43.3 Å². The maximum Gasteiger partial charge on any atom is 0.120 e. The lowest BCUT2D eigenvalue weighted by molar-refractivity contribution is 0.171. The summed E-state index contributed by atoms with van der Waals surface area (Å²) in [5.74, 6) is 1.10. The second-order valence-corrected chi connectivity index (χ2v) is 4.75. The normalized spacial score (nSPS) is 17.9. The first-order valence-corrected chi connectivity index (χ1v) is 6.69. The molecule has 1 saturated heterocycles. The molecule has 2 N–H and O–H groups in total. The molecule has 0 aromatic heterocycles. The van der Waals surface area contributed by atoms with Crippen molar-refractivity contribution in [3.63, 3.8) is 0 Å². The summed E-state index contributed by atoms with van der Waals surface area (Å²) in [5.41, 5.74) is 0.918. The summed E-state index contributed by atoms with van der Waals surface area (Å²) in [5, 5.41) is 13.5. The van der Waals surface area contributed by atoms with E-state index in [1.807, 2.05) is 12.1 Å². The Morgan fingerprint density at radius 3 is 2.84 bits per heavy atom. The number of rotatable bonds is 5. The van der Waals surface area contributed by atoms with Crippen LogP contribution in [-0.2, 0) is 0 Å². The number of ether oxygens (including phenoxy) is 1. The number of hydrogen-bond donors (Lipinski definition) is 2. The monoisotopic (exact) mass is 262 g/mol. The molecular weight excluding hydrogens is 240 g/mol. The molecule has 1 atom stereocenters. The predicted molar refractivity (Wildman–Crippen MR) is 76.7 cm³/mol. The SMILES string of the molecule is C=CC[C@H](c1cc(OC)ccc1O)N1CCNCC1. The molecule has 1 aliphatic heterocycles. The van der Waals surface area contributed by atoms with E-state index in [1.165, 1.54) is 0 Å². The summed E-state index contributed by atoms with van der Waals surface area (Å²) in [6, 6.07) is 5.56. The quantitative estimate of drug-likeness (QED) is 0.796. The van der Waals surface area contributed by atoms with Crippen LogP contribution in [0.15, 0.2) is 30.9 Å². The van der Waals surface area contributed by atoms with Gasteiger partial charge in [0.1, 0.15) is 11.5 Å². The van der Waals surface area contributed by atoms with E-state index in [4.69, 9.17) is 4.74 Å². The van der Waals surface area contributed by atoms with Gasteiger partial charge in [0.25, 0.3) is 0 Å². The second-order valence-electron chi connectivity index (χ2n) is 4.75. The number of aromatic hydroxyl groups is 1. The van der Waals surface area contributed by atoms with Gasteiger partial charge in [0.05, 0.1) is 7.11 Å². The molecule has 0 saturated carbocycles. The fourth-order valence-corrected chi connectivity index (χ4v) is 2.55. The van der Waals surface area contributed by atoms with E-state index < -0.39 is 0 Å². The van der Waals surface area contributed by atoms with E-state index in [-0.39, 0.29) is 6.04 Å². The number of benzene rings is 1. The molecule has 0 bridgehead atoms. The highest BCUT2D eigenvalue weighted by molar-refractivity contribution is 5.41. The summed E-state index contributed by atoms with van der Waals surface area (Å²) < 4.78 is 5.26. The number of nitrogens with one attached hydrogen (secondary N) is 1. The van der Waals surface area contributed by atoms with Gasteiger partial charge in [-0.05, 0) is 24.6 Å². The van der Waals surface area contributed by atoms with E-state index in [0.29, 0.717) is 5.75 Å². The topological polar surface area (TPSA) is 44.7 Å². The number of phenolic OH excluding ortho intramolecular Hbond substituents is 1. The van der Waals surface area contributed by atoms with Crippen molar-refractivity contribution in [1.29, 1.82) is 0 Å². The van der Waals surface area contributed by atoms with Crippen LogP contribution < -0.4 is 10.1 Å². The summed E-state index contributed by atoms with van der Waals surface area (Å²) in [4.78, 5) is 2.38. The molecule has 4 heteroatoms. The molecule has 1 heterocycles. The third-order valence-electron chi connectivity index (χ3n) is 3.58. The van der Waals surface area contributed by atoms with E-state index in [0.717, 1.165) is 43.9 Å². The molecule has 0 amide bonds. The Balaban J connectivity index is 2.28. The van der Waals surface area contributed by atoms with Crippen molar-refractivity contribution in [2.24, 2.45) is 0 Å². The van der Waals surface area contributed by atoms with Crippen molar-refractivity contribution in [2.75, 3.05) is 33.3 Å². The molecule has 0 radical (unpaired) electrons. The van der Waals surface area contributed by atoms with Crippen molar-refractivity contribution in [1.82, 2.24) is 10.2 Å². The molecule has 1 fully saturated rings. The van der Waals surface area contributed by atoms with Crippen molar-refractivity contribution in [2.45, 2.75) is 12.5 Å². The highest BCUT2D eigenvalue weighted by Crippen LogP contribution is 2.34. The number of phenols is 1. The first-order valence-electron chi connectivity index (χ1n) is 6.69. The Hall–Kier alpha value is -1.52. The van der Waals surface area contributed by atoms with Crippen LogP contribution in [0.4, 0.5) is 0 Å². The van der Waals surface area contributed by atoms with Crippen molar-refractivity contribution in [3.8, 4) is 11.5 Å². The van der Waals surface area contributed by atoms with Gasteiger partial charge in [0.15, 0.2) is 0 Å². The Morgan fingerprint density at radius 1 is 1.47 bits per heavy atom. The molecule has 4 nitrogen and oxygen atoms in total. The van der Waals surface area contributed by atoms with E-state index >= 15 is 0 Å².